The molecule has 1 amide bonds. The zero-order valence-corrected chi connectivity index (χ0v) is 10.9. The van der Waals surface area contributed by atoms with Gasteiger partial charge in [-0.05, 0) is 24.1 Å². The molecule has 108 valence electrons. The first-order valence-electron chi connectivity index (χ1n) is 5.04. The average Bonchev–Trinajstić information content (AvgIpc) is 2.20. The van der Waals surface area contributed by atoms with Crippen LogP contribution in [0.1, 0.15) is 12.5 Å². The van der Waals surface area contributed by atoms with Crippen LogP contribution in [0.15, 0.2) is 18.2 Å². The van der Waals surface area contributed by atoms with Crippen molar-refractivity contribution in [1.82, 2.24) is 5.32 Å². The van der Waals surface area contributed by atoms with Gasteiger partial charge in [-0.25, -0.2) is 0 Å². The van der Waals surface area contributed by atoms with Crippen LogP contribution in [0.4, 0.5) is 0 Å². The van der Waals surface area contributed by atoms with Crippen molar-refractivity contribution >= 4 is 16.3 Å². The highest BCUT2D eigenvalue weighted by Gasteiger charge is 2.00. The van der Waals surface area contributed by atoms with Crippen LogP contribution in [0.25, 0.3) is 0 Å². The van der Waals surface area contributed by atoms with E-state index in [2.05, 4.69) is 5.32 Å². The van der Waals surface area contributed by atoms with E-state index >= 15 is 0 Å². The highest BCUT2D eigenvalue weighted by Crippen LogP contribution is 2.24. The van der Waals surface area contributed by atoms with Crippen molar-refractivity contribution in [2.24, 2.45) is 0 Å². The topological polar surface area (TPSA) is 144 Å². The lowest BCUT2D eigenvalue weighted by Gasteiger charge is -2.04. The van der Waals surface area contributed by atoms with Crippen LogP contribution in [0.5, 0.6) is 11.5 Å². The van der Waals surface area contributed by atoms with Crippen LogP contribution in [0.2, 0.25) is 0 Å². The van der Waals surface area contributed by atoms with E-state index in [0.717, 1.165) is 5.56 Å². The zero-order chi connectivity index (χ0) is 15.1. The molecular weight excluding hydrogens is 278 g/mol. The molecule has 19 heavy (non-hydrogen) atoms. The van der Waals surface area contributed by atoms with Crippen LogP contribution in [-0.2, 0) is 21.6 Å². The number of phenolic OH excluding ortho intramolecular Hbond substituents is 2. The molecule has 0 radical (unpaired) electrons. The predicted octanol–water partition coefficient (Wildman–Crippen LogP) is 0.124. The number of rotatable bonds is 3. The van der Waals surface area contributed by atoms with Crippen LogP contribution >= 0.6 is 0 Å². The maximum absolute atomic E-state index is 10.6. The lowest BCUT2D eigenvalue weighted by Crippen LogP contribution is -2.22. The summed E-state index contributed by atoms with van der Waals surface area (Å²) >= 11 is 0. The summed E-state index contributed by atoms with van der Waals surface area (Å²) in [6.45, 7) is 1.98. The molecular formula is C10H15NO7S. The summed E-state index contributed by atoms with van der Waals surface area (Å²) in [5, 5.41) is 20.9. The second-order valence-corrected chi connectivity index (χ2v) is 4.40. The van der Waals surface area contributed by atoms with Crippen molar-refractivity contribution in [3.05, 3.63) is 23.8 Å². The van der Waals surface area contributed by atoms with Crippen molar-refractivity contribution in [2.45, 2.75) is 13.3 Å². The van der Waals surface area contributed by atoms with Crippen molar-refractivity contribution in [2.75, 3.05) is 6.54 Å². The summed E-state index contributed by atoms with van der Waals surface area (Å²) in [5.41, 5.74) is 0.869. The van der Waals surface area contributed by atoms with Crippen molar-refractivity contribution in [3.8, 4) is 11.5 Å². The van der Waals surface area contributed by atoms with Crippen molar-refractivity contribution < 1.29 is 32.5 Å². The molecule has 9 heteroatoms. The Morgan fingerprint density at radius 1 is 1.21 bits per heavy atom. The summed E-state index contributed by atoms with van der Waals surface area (Å²) in [7, 11) is -4.67. The Hall–Kier alpha value is -1.84. The van der Waals surface area contributed by atoms with Gasteiger partial charge in [-0.15, -0.1) is 0 Å². The average molecular weight is 293 g/mol. The fraction of sp³-hybridized carbons (Fsp3) is 0.300. The molecule has 0 aromatic heterocycles. The Morgan fingerprint density at radius 2 is 1.74 bits per heavy atom. The van der Waals surface area contributed by atoms with Crippen LogP contribution < -0.4 is 5.32 Å². The number of hydrogen-bond donors (Lipinski definition) is 5. The number of amides is 1. The number of nitrogens with one attached hydrogen (secondary N) is 1. The van der Waals surface area contributed by atoms with Gasteiger partial charge in [0.15, 0.2) is 11.5 Å². The van der Waals surface area contributed by atoms with E-state index < -0.39 is 10.4 Å². The number of hydrogen-bond acceptors (Lipinski definition) is 5. The highest BCUT2D eigenvalue weighted by atomic mass is 32.3. The molecule has 0 aliphatic carbocycles. The SMILES string of the molecule is CC(=O)NCCc1ccc(O)c(O)c1.O=S(=O)(O)O. The lowest BCUT2D eigenvalue weighted by atomic mass is 10.1. The molecule has 0 saturated heterocycles. The van der Waals surface area contributed by atoms with Crippen molar-refractivity contribution in [1.29, 1.82) is 0 Å². The number of phenols is 2. The van der Waals surface area contributed by atoms with E-state index in [-0.39, 0.29) is 17.4 Å². The number of carbonyl (C=O) groups excluding carboxylic acids is 1. The Morgan fingerprint density at radius 3 is 2.16 bits per heavy atom. The van der Waals surface area contributed by atoms with Gasteiger partial charge in [-0.1, -0.05) is 6.07 Å². The van der Waals surface area contributed by atoms with Gasteiger partial charge in [-0.3, -0.25) is 13.9 Å². The second kappa shape index (κ2) is 7.56. The molecule has 1 aromatic rings. The number of benzene rings is 1. The lowest BCUT2D eigenvalue weighted by molar-refractivity contribution is -0.118. The van der Waals surface area contributed by atoms with E-state index in [0.29, 0.717) is 13.0 Å². The van der Waals surface area contributed by atoms with Gasteiger partial charge in [0, 0.05) is 13.5 Å². The minimum atomic E-state index is -4.67. The van der Waals surface area contributed by atoms with Gasteiger partial charge in [0.2, 0.25) is 5.91 Å². The molecule has 0 unspecified atom stereocenters. The summed E-state index contributed by atoms with van der Waals surface area (Å²) in [6.07, 6.45) is 0.632. The van der Waals surface area contributed by atoms with E-state index in [1.165, 1.54) is 19.1 Å². The molecule has 5 N–H and O–H groups in total. The monoisotopic (exact) mass is 293 g/mol. The number of aromatic hydroxyl groups is 2. The molecule has 1 aromatic carbocycles. The molecule has 8 nitrogen and oxygen atoms in total. The summed E-state index contributed by atoms with van der Waals surface area (Å²) in [4.78, 5) is 10.6. The van der Waals surface area contributed by atoms with E-state index in [1.54, 1.807) is 6.07 Å². The molecule has 0 heterocycles. The fourth-order valence-corrected chi connectivity index (χ4v) is 1.11. The van der Waals surface area contributed by atoms with Crippen LogP contribution in [0.3, 0.4) is 0 Å². The predicted molar refractivity (Wildman–Crippen MR) is 66.3 cm³/mol. The maximum Gasteiger partial charge on any atom is 0.394 e. The quantitative estimate of drug-likeness (QED) is 0.393. The van der Waals surface area contributed by atoms with Gasteiger partial charge < -0.3 is 15.5 Å². The van der Waals surface area contributed by atoms with Crippen LogP contribution in [0, 0.1) is 0 Å². The molecule has 0 atom stereocenters. The Kier molecular flexibility index (Phi) is 6.83. The van der Waals surface area contributed by atoms with E-state index in [4.69, 9.17) is 22.6 Å². The summed E-state index contributed by atoms with van der Waals surface area (Å²) in [5.74, 6) is -0.341. The third kappa shape index (κ3) is 11.0. The summed E-state index contributed by atoms with van der Waals surface area (Å²) in [6, 6.07) is 4.62. The smallest absolute Gasteiger partial charge is 0.394 e. The molecule has 1 rings (SSSR count). The van der Waals surface area contributed by atoms with Crippen LogP contribution in [-0.4, -0.2) is 40.2 Å². The second-order valence-electron chi connectivity index (χ2n) is 3.50. The third-order valence-corrected chi connectivity index (χ3v) is 1.83. The van der Waals surface area contributed by atoms with Gasteiger partial charge in [-0.2, -0.15) is 8.42 Å². The van der Waals surface area contributed by atoms with Crippen molar-refractivity contribution in [3.63, 3.8) is 0 Å². The first kappa shape index (κ1) is 17.2. The first-order valence-corrected chi connectivity index (χ1v) is 6.44. The Balaban J connectivity index is 0.000000555. The first-order chi connectivity index (χ1) is 8.59. The Labute approximate surface area is 110 Å². The highest BCUT2D eigenvalue weighted by molar-refractivity contribution is 7.79. The van der Waals surface area contributed by atoms with Gasteiger partial charge >= 0.3 is 10.4 Å². The molecule has 0 aliphatic rings. The fourth-order valence-electron chi connectivity index (χ4n) is 1.11. The van der Waals surface area contributed by atoms with Gasteiger partial charge in [0.1, 0.15) is 0 Å². The van der Waals surface area contributed by atoms with Gasteiger partial charge in [0.05, 0.1) is 0 Å². The maximum atomic E-state index is 10.6. The zero-order valence-electron chi connectivity index (χ0n) is 10.1. The molecule has 0 fully saturated rings. The summed E-state index contributed by atoms with van der Waals surface area (Å²) < 4.78 is 31.6. The molecule has 0 bridgehead atoms. The van der Waals surface area contributed by atoms with E-state index in [9.17, 15) is 9.90 Å². The molecule has 0 aliphatic heterocycles. The third-order valence-electron chi connectivity index (χ3n) is 1.83. The van der Waals surface area contributed by atoms with E-state index in [1.807, 2.05) is 0 Å². The standard InChI is InChI=1S/C10H13NO3.H2O4S/c1-7(12)11-5-4-8-2-3-9(13)10(14)6-8;1-5(2,3)4/h2-3,6,13-14H,4-5H2,1H3,(H,11,12);(H2,1,2,3,4). The Bertz CT molecular complexity index is 519. The number of carbonyl (C=O) groups is 1. The van der Waals surface area contributed by atoms with Gasteiger partial charge in [0.25, 0.3) is 0 Å². The largest absolute Gasteiger partial charge is 0.504 e. The minimum absolute atomic E-state index is 0.0759. The normalized spacial score (nSPS) is 10.3. The minimum Gasteiger partial charge on any atom is -0.504 e. The molecule has 0 saturated carbocycles. The molecule has 0 spiro atoms.